The summed E-state index contributed by atoms with van der Waals surface area (Å²) in [6, 6.07) is 14.1. The van der Waals surface area contributed by atoms with Crippen LogP contribution in [-0.2, 0) is 14.6 Å². The minimum atomic E-state index is -3.82. The van der Waals surface area contributed by atoms with E-state index in [9.17, 15) is 13.2 Å². The number of hydrogen-bond acceptors (Lipinski definition) is 8. The molecule has 7 nitrogen and oxygen atoms in total. The van der Waals surface area contributed by atoms with Gasteiger partial charge in [-0.2, -0.15) is 0 Å². The number of amides is 1. The molecule has 0 saturated carbocycles. The van der Waals surface area contributed by atoms with E-state index in [1.165, 1.54) is 35.5 Å². The summed E-state index contributed by atoms with van der Waals surface area (Å²) in [5.41, 5.74) is 8.16. The number of thiophene rings is 1. The van der Waals surface area contributed by atoms with Crippen molar-refractivity contribution in [3.8, 4) is 11.1 Å². The molecule has 1 amide bonds. The summed E-state index contributed by atoms with van der Waals surface area (Å²) in [7, 11) is -3.82. The number of thioether (sulfide) groups is 1. The van der Waals surface area contributed by atoms with E-state index in [1.807, 2.05) is 24.5 Å². The minimum absolute atomic E-state index is 0.187. The van der Waals surface area contributed by atoms with E-state index in [-0.39, 0.29) is 9.79 Å². The van der Waals surface area contributed by atoms with Crippen LogP contribution in [0.4, 0.5) is 15.5 Å². The molecule has 0 radical (unpaired) electrons. The van der Waals surface area contributed by atoms with Crippen LogP contribution in [0.3, 0.4) is 0 Å². The van der Waals surface area contributed by atoms with Crippen LogP contribution in [0, 0.1) is 6.92 Å². The van der Waals surface area contributed by atoms with Crippen molar-refractivity contribution in [3.63, 3.8) is 0 Å². The van der Waals surface area contributed by atoms with Crippen molar-refractivity contribution in [2.24, 2.45) is 4.99 Å². The Morgan fingerprint density at radius 1 is 1.15 bits per heavy atom. The quantitative estimate of drug-likeness (QED) is 0.178. The summed E-state index contributed by atoms with van der Waals surface area (Å²) < 4.78 is 33.1. The van der Waals surface area contributed by atoms with Gasteiger partial charge in [0.1, 0.15) is 10.6 Å². The standard InChI is InChI=1S/C24H27N3O4S3/c1-15-18(16-9-11-17(25)12-10-16)7-6-8-19(15)34(29,30)20-13-21(33-22(20)32-5)26-14-27-23(28)31-24(2,3)4/h6-14H,25H2,1-5H3,(H,26,27,28). The fourth-order valence-electron chi connectivity index (χ4n) is 3.19. The maximum absolute atomic E-state index is 13.7. The molecule has 34 heavy (non-hydrogen) atoms. The SMILES string of the molecule is CSc1sc(N=CNC(=O)OC(C)(C)C)cc1S(=O)(=O)c1cccc(-c2ccc(N)cc2)c1C. The predicted octanol–water partition coefficient (Wildman–Crippen LogP) is 6.04. The number of rotatable bonds is 6. The number of ether oxygens (including phenoxy) is 1. The highest BCUT2D eigenvalue weighted by Gasteiger charge is 2.27. The molecule has 0 fully saturated rings. The molecule has 10 heteroatoms. The topological polar surface area (TPSA) is 111 Å². The molecule has 0 aliphatic heterocycles. The summed E-state index contributed by atoms with van der Waals surface area (Å²) in [6.07, 6.45) is 2.38. The van der Waals surface area contributed by atoms with E-state index in [0.717, 1.165) is 11.1 Å². The van der Waals surface area contributed by atoms with E-state index in [0.29, 0.717) is 20.5 Å². The lowest BCUT2D eigenvalue weighted by Crippen LogP contribution is -2.31. The molecule has 1 aromatic heterocycles. The first-order valence-corrected chi connectivity index (χ1v) is 13.9. The molecule has 0 unspecified atom stereocenters. The van der Waals surface area contributed by atoms with Gasteiger partial charge in [0, 0.05) is 5.69 Å². The van der Waals surface area contributed by atoms with Gasteiger partial charge in [0.2, 0.25) is 9.84 Å². The summed E-state index contributed by atoms with van der Waals surface area (Å²) in [4.78, 5) is 16.4. The molecular formula is C24H27N3O4S3. The van der Waals surface area contributed by atoms with Crippen LogP contribution in [0.2, 0.25) is 0 Å². The summed E-state index contributed by atoms with van der Waals surface area (Å²) >= 11 is 2.57. The van der Waals surface area contributed by atoms with Gasteiger partial charge in [-0.25, -0.2) is 18.2 Å². The molecule has 0 bridgehead atoms. The molecule has 0 aliphatic carbocycles. The van der Waals surface area contributed by atoms with Crippen molar-refractivity contribution in [2.45, 2.75) is 47.3 Å². The average molecular weight is 518 g/mol. The fraction of sp³-hybridized carbons (Fsp3) is 0.250. The van der Waals surface area contributed by atoms with Crippen molar-refractivity contribution >= 4 is 56.1 Å². The number of aliphatic imine (C=N–C) groups is 1. The van der Waals surface area contributed by atoms with Gasteiger partial charge >= 0.3 is 6.09 Å². The van der Waals surface area contributed by atoms with E-state index in [2.05, 4.69) is 10.3 Å². The molecule has 3 N–H and O–H groups in total. The van der Waals surface area contributed by atoms with Crippen LogP contribution in [0.25, 0.3) is 11.1 Å². The molecule has 0 aliphatic rings. The third-order valence-electron chi connectivity index (χ3n) is 4.70. The van der Waals surface area contributed by atoms with Crippen molar-refractivity contribution in [1.29, 1.82) is 0 Å². The first-order chi connectivity index (χ1) is 15.9. The van der Waals surface area contributed by atoms with Crippen molar-refractivity contribution in [2.75, 3.05) is 12.0 Å². The zero-order chi connectivity index (χ0) is 25.1. The highest BCUT2D eigenvalue weighted by molar-refractivity contribution is 8.01. The van der Waals surface area contributed by atoms with Crippen molar-refractivity contribution in [1.82, 2.24) is 5.32 Å². The normalized spacial score (nSPS) is 12.1. The third kappa shape index (κ3) is 5.99. The Kier molecular flexibility index (Phi) is 7.74. The van der Waals surface area contributed by atoms with E-state index in [1.54, 1.807) is 52.0 Å². The van der Waals surface area contributed by atoms with E-state index < -0.39 is 21.5 Å². The number of carbonyl (C=O) groups excluding carboxylic acids is 1. The lowest BCUT2D eigenvalue weighted by Gasteiger charge is -2.18. The number of nitrogens with one attached hydrogen (secondary N) is 1. The number of sulfone groups is 1. The highest BCUT2D eigenvalue weighted by atomic mass is 32.2. The molecule has 1 heterocycles. The van der Waals surface area contributed by atoms with Crippen LogP contribution >= 0.6 is 23.1 Å². The molecule has 3 rings (SSSR count). The van der Waals surface area contributed by atoms with Gasteiger partial charge in [-0.3, -0.25) is 5.32 Å². The molecule has 0 spiro atoms. The number of alkyl carbamates (subject to hydrolysis) is 1. The summed E-state index contributed by atoms with van der Waals surface area (Å²) in [5.74, 6) is 0. The predicted molar refractivity (Wildman–Crippen MR) is 140 cm³/mol. The van der Waals surface area contributed by atoms with E-state index >= 15 is 0 Å². The Labute approximate surface area is 208 Å². The lowest BCUT2D eigenvalue weighted by molar-refractivity contribution is 0.0565. The van der Waals surface area contributed by atoms with Crippen molar-refractivity contribution in [3.05, 3.63) is 54.1 Å². The zero-order valence-corrected chi connectivity index (χ0v) is 22.0. The number of nitrogen functional groups attached to an aromatic ring is 1. The summed E-state index contributed by atoms with van der Waals surface area (Å²) in [6.45, 7) is 7.08. The van der Waals surface area contributed by atoms with Gasteiger partial charge in [-0.15, -0.1) is 23.1 Å². The molecule has 3 aromatic rings. The van der Waals surface area contributed by atoms with Gasteiger partial charge in [-0.05, 0) is 74.9 Å². The average Bonchev–Trinajstić information content (AvgIpc) is 3.17. The number of carbonyl (C=O) groups is 1. The first kappa shape index (κ1) is 25.8. The summed E-state index contributed by atoms with van der Waals surface area (Å²) in [5, 5.41) is 2.88. The van der Waals surface area contributed by atoms with Gasteiger partial charge < -0.3 is 10.5 Å². The Balaban J connectivity index is 1.93. The zero-order valence-electron chi connectivity index (χ0n) is 19.6. The van der Waals surface area contributed by atoms with Gasteiger partial charge in [0.25, 0.3) is 0 Å². The van der Waals surface area contributed by atoms with Crippen LogP contribution in [0.15, 0.2) is 67.5 Å². The number of anilines is 1. The minimum Gasteiger partial charge on any atom is -0.444 e. The second-order valence-electron chi connectivity index (χ2n) is 8.40. The maximum Gasteiger partial charge on any atom is 0.412 e. The molecule has 0 saturated heterocycles. The van der Waals surface area contributed by atoms with E-state index in [4.69, 9.17) is 10.5 Å². The van der Waals surface area contributed by atoms with Gasteiger partial charge in [0.05, 0.1) is 20.3 Å². The number of hydrogen-bond donors (Lipinski definition) is 2. The number of nitrogens with two attached hydrogens (primary N) is 1. The smallest absolute Gasteiger partial charge is 0.412 e. The Hall–Kier alpha value is -2.82. The molecule has 0 atom stereocenters. The second kappa shape index (κ2) is 10.2. The van der Waals surface area contributed by atoms with Crippen LogP contribution in [0.5, 0.6) is 0 Å². The third-order valence-corrected chi connectivity index (χ3v) is 9.06. The highest BCUT2D eigenvalue weighted by Crippen LogP contribution is 2.42. The molecule has 2 aromatic carbocycles. The second-order valence-corrected chi connectivity index (χ2v) is 12.4. The van der Waals surface area contributed by atoms with Crippen molar-refractivity contribution < 1.29 is 17.9 Å². The lowest BCUT2D eigenvalue weighted by atomic mass is 10.0. The Morgan fingerprint density at radius 3 is 2.44 bits per heavy atom. The maximum atomic E-state index is 13.7. The van der Waals surface area contributed by atoms with Crippen LogP contribution < -0.4 is 11.1 Å². The molecular weight excluding hydrogens is 490 g/mol. The largest absolute Gasteiger partial charge is 0.444 e. The number of benzene rings is 2. The monoisotopic (exact) mass is 517 g/mol. The Bertz CT molecular complexity index is 1320. The van der Waals surface area contributed by atoms with Gasteiger partial charge in [-0.1, -0.05) is 24.3 Å². The first-order valence-electron chi connectivity index (χ1n) is 10.3. The fourth-order valence-corrected chi connectivity index (χ4v) is 7.28. The van der Waals surface area contributed by atoms with Gasteiger partial charge in [0.15, 0.2) is 0 Å². The number of nitrogens with zero attached hydrogens (tertiary/aromatic N) is 1. The molecule has 180 valence electrons. The van der Waals surface area contributed by atoms with Crippen LogP contribution in [-0.4, -0.2) is 32.7 Å². The Morgan fingerprint density at radius 2 is 1.82 bits per heavy atom. The van der Waals surface area contributed by atoms with Crippen LogP contribution in [0.1, 0.15) is 26.3 Å².